The van der Waals surface area contributed by atoms with Crippen molar-refractivity contribution < 1.29 is 13.5 Å². The molecular formula is C7H5F2NO. The number of ether oxygens (including phenoxy) is 1. The summed E-state index contributed by atoms with van der Waals surface area (Å²) >= 11 is 0. The molecule has 2 heterocycles. The number of nitrogens with zero attached hydrogens (tertiary/aromatic N) is 1. The van der Waals surface area contributed by atoms with Crippen LogP contribution in [0.4, 0.5) is 8.78 Å². The van der Waals surface area contributed by atoms with Crippen molar-refractivity contribution >= 4 is 0 Å². The first kappa shape index (κ1) is 6.67. The first-order valence-electron chi connectivity index (χ1n) is 3.19. The molecule has 0 saturated carbocycles. The summed E-state index contributed by atoms with van der Waals surface area (Å²) in [4.78, 5) is 3.35. The Labute approximate surface area is 61.8 Å². The van der Waals surface area contributed by atoms with E-state index < -0.39 is 17.7 Å². The highest BCUT2D eigenvalue weighted by molar-refractivity contribution is 5.20. The van der Waals surface area contributed by atoms with E-state index in [1.165, 1.54) is 0 Å². The summed E-state index contributed by atoms with van der Waals surface area (Å²) in [6.07, 6.45) is 1.58. The van der Waals surface area contributed by atoms with E-state index in [4.69, 9.17) is 4.74 Å². The van der Waals surface area contributed by atoms with Gasteiger partial charge in [-0.15, -0.1) is 0 Å². The summed E-state index contributed by atoms with van der Waals surface area (Å²) in [5.74, 6) is -1.26. The zero-order chi connectivity index (χ0) is 7.84. The van der Waals surface area contributed by atoms with E-state index in [0.717, 1.165) is 12.4 Å². The van der Waals surface area contributed by atoms with Crippen molar-refractivity contribution in [2.24, 2.45) is 0 Å². The van der Waals surface area contributed by atoms with Crippen LogP contribution in [-0.2, 0) is 4.74 Å². The molecule has 1 aliphatic heterocycles. The number of rotatable bonds is 1. The van der Waals surface area contributed by atoms with E-state index in [1.807, 2.05) is 0 Å². The predicted molar refractivity (Wildman–Crippen MR) is 32.8 cm³/mol. The quantitative estimate of drug-likeness (QED) is 0.576. The van der Waals surface area contributed by atoms with Crippen molar-refractivity contribution in [1.82, 2.24) is 4.98 Å². The van der Waals surface area contributed by atoms with Crippen LogP contribution >= 0.6 is 0 Å². The van der Waals surface area contributed by atoms with Gasteiger partial charge in [0, 0.05) is 0 Å². The fourth-order valence-corrected chi connectivity index (χ4v) is 0.944. The van der Waals surface area contributed by atoms with Crippen LogP contribution in [0.5, 0.6) is 0 Å². The molecule has 4 heteroatoms. The molecule has 11 heavy (non-hydrogen) atoms. The first-order valence-corrected chi connectivity index (χ1v) is 3.19. The Morgan fingerprint density at radius 1 is 1.36 bits per heavy atom. The largest absolute Gasteiger partial charge is 0.368 e. The highest BCUT2D eigenvalue weighted by atomic mass is 19.1. The fourth-order valence-electron chi connectivity index (χ4n) is 0.944. The standard InChI is InChI=1S/C7H5F2NO/c8-4-1-10-2-5(9)7(4)6-3-11-6/h1-2,6H,3H2/t6-/m1/s1. The van der Waals surface area contributed by atoms with Crippen LogP contribution in [-0.4, -0.2) is 11.6 Å². The zero-order valence-electron chi connectivity index (χ0n) is 5.55. The number of epoxide rings is 1. The Kier molecular flexibility index (Phi) is 1.35. The molecule has 1 aromatic heterocycles. The van der Waals surface area contributed by atoms with Gasteiger partial charge >= 0.3 is 0 Å². The number of hydrogen-bond acceptors (Lipinski definition) is 2. The second kappa shape index (κ2) is 2.23. The molecule has 1 aromatic rings. The summed E-state index contributed by atoms with van der Waals surface area (Å²) in [7, 11) is 0. The third-order valence-corrected chi connectivity index (χ3v) is 1.55. The zero-order valence-corrected chi connectivity index (χ0v) is 5.55. The normalized spacial score (nSPS) is 21.8. The molecule has 0 unspecified atom stereocenters. The van der Waals surface area contributed by atoms with Gasteiger partial charge in [-0.05, 0) is 0 Å². The third-order valence-electron chi connectivity index (χ3n) is 1.55. The summed E-state index contributed by atoms with van der Waals surface area (Å²) in [6, 6.07) is 0. The molecule has 2 rings (SSSR count). The average molecular weight is 157 g/mol. The van der Waals surface area contributed by atoms with Crippen LogP contribution in [0.25, 0.3) is 0 Å². The topological polar surface area (TPSA) is 25.4 Å². The lowest BCUT2D eigenvalue weighted by Gasteiger charge is -1.97. The van der Waals surface area contributed by atoms with Gasteiger partial charge in [-0.1, -0.05) is 0 Å². The lowest BCUT2D eigenvalue weighted by atomic mass is 10.2. The Hall–Kier alpha value is -1.03. The van der Waals surface area contributed by atoms with Crippen LogP contribution in [0.3, 0.4) is 0 Å². The molecule has 1 saturated heterocycles. The number of pyridine rings is 1. The number of hydrogen-bond donors (Lipinski definition) is 0. The molecule has 2 nitrogen and oxygen atoms in total. The Morgan fingerprint density at radius 3 is 2.36 bits per heavy atom. The van der Waals surface area contributed by atoms with E-state index >= 15 is 0 Å². The molecule has 0 bridgehead atoms. The van der Waals surface area contributed by atoms with Gasteiger partial charge in [0.15, 0.2) is 0 Å². The Morgan fingerprint density at radius 2 is 1.91 bits per heavy atom. The molecule has 0 aliphatic carbocycles. The lowest BCUT2D eigenvalue weighted by Crippen LogP contribution is -1.94. The Bertz CT molecular complexity index is 266. The van der Waals surface area contributed by atoms with Gasteiger partial charge in [0.1, 0.15) is 17.7 Å². The van der Waals surface area contributed by atoms with Gasteiger partial charge in [0.25, 0.3) is 0 Å². The smallest absolute Gasteiger partial charge is 0.150 e. The summed E-state index contributed by atoms with van der Waals surface area (Å²) in [5, 5.41) is 0. The van der Waals surface area contributed by atoms with Crippen LogP contribution in [0, 0.1) is 11.6 Å². The molecule has 0 N–H and O–H groups in total. The SMILES string of the molecule is Fc1cncc(F)c1[C@H]1CO1. The van der Waals surface area contributed by atoms with Crippen LogP contribution < -0.4 is 0 Å². The summed E-state index contributed by atoms with van der Waals surface area (Å²) < 4.78 is 30.3. The Balaban J connectivity index is 2.48. The van der Waals surface area contributed by atoms with E-state index in [-0.39, 0.29) is 5.56 Å². The van der Waals surface area contributed by atoms with Crippen molar-refractivity contribution in [2.75, 3.05) is 6.61 Å². The summed E-state index contributed by atoms with van der Waals surface area (Å²) in [6.45, 7) is 0.401. The fraction of sp³-hybridized carbons (Fsp3) is 0.286. The van der Waals surface area contributed by atoms with Gasteiger partial charge in [-0.25, -0.2) is 8.78 Å². The molecule has 0 aromatic carbocycles. The lowest BCUT2D eigenvalue weighted by molar-refractivity contribution is 0.396. The predicted octanol–water partition coefficient (Wildman–Crippen LogP) is 1.43. The van der Waals surface area contributed by atoms with Crippen molar-refractivity contribution in [3.8, 4) is 0 Å². The molecule has 58 valence electrons. The maximum atomic E-state index is 12.8. The van der Waals surface area contributed by atoms with Gasteiger partial charge in [-0.3, -0.25) is 4.98 Å². The molecular weight excluding hydrogens is 152 g/mol. The highest BCUT2D eigenvalue weighted by Crippen LogP contribution is 2.32. The maximum absolute atomic E-state index is 12.8. The van der Waals surface area contributed by atoms with Crippen molar-refractivity contribution in [3.63, 3.8) is 0 Å². The summed E-state index contributed by atoms with van der Waals surface area (Å²) in [5.41, 5.74) is 0.000000000000000222. The number of aromatic nitrogens is 1. The highest BCUT2D eigenvalue weighted by Gasteiger charge is 2.31. The molecule has 1 atom stereocenters. The molecule has 0 radical (unpaired) electrons. The molecule has 0 spiro atoms. The van der Waals surface area contributed by atoms with E-state index in [9.17, 15) is 8.78 Å². The third kappa shape index (κ3) is 1.09. The first-order chi connectivity index (χ1) is 5.29. The van der Waals surface area contributed by atoms with Gasteiger partial charge in [0.05, 0.1) is 24.6 Å². The van der Waals surface area contributed by atoms with E-state index in [0.29, 0.717) is 6.61 Å². The minimum atomic E-state index is -0.632. The molecule has 1 fully saturated rings. The van der Waals surface area contributed by atoms with Crippen LogP contribution in [0.2, 0.25) is 0 Å². The van der Waals surface area contributed by atoms with Crippen molar-refractivity contribution in [3.05, 3.63) is 29.6 Å². The van der Waals surface area contributed by atoms with Gasteiger partial charge in [-0.2, -0.15) is 0 Å². The van der Waals surface area contributed by atoms with E-state index in [2.05, 4.69) is 4.98 Å². The monoisotopic (exact) mass is 157 g/mol. The second-order valence-electron chi connectivity index (χ2n) is 2.34. The van der Waals surface area contributed by atoms with E-state index in [1.54, 1.807) is 0 Å². The van der Waals surface area contributed by atoms with Gasteiger partial charge in [0.2, 0.25) is 0 Å². The van der Waals surface area contributed by atoms with Crippen molar-refractivity contribution in [1.29, 1.82) is 0 Å². The second-order valence-corrected chi connectivity index (χ2v) is 2.34. The average Bonchev–Trinajstić information content (AvgIpc) is 2.70. The molecule has 0 amide bonds. The molecule has 1 aliphatic rings. The van der Waals surface area contributed by atoms with Crippen LogP contribution in [0.1, 0.15) is 11.7 Å². The number of halogens is 2. The van der Waals surface area contributed by atoms with Crippen molar-refractivity contribution in [2.45, 2.75) is 6.10 Å². The maximum Gasteiger partial charge on any atom is 0.150 e. The van der Waals surface area contributed by atoms with Crippen LogP contribution in [0.15, 0.2) is 12.4 Å². The minimum absolute atomic E-state index is 0.000000000000000222. The van der Waals surface area contributed by atoms with Gasteiger partial charge < -0.3 is 4.74 Å². The minimum Gasteiger partial charge on any atom is -0.368 e.